The Bertz CT molecular complexity index is 1230. The zero-order valence-corrected chi connectivity index (χ0v) is 22.0. The number of nitrogens with zero attached hydrogens (tertiary/aromatic N) is 2. The molecule has 36 heavy (non-hydrogen) atoms. The van der Waals surface area contributed by atoms with Crippen LogP contribution in [0.15, 0.2) is 54.2 Å². The first-order chi connectivity index (χ1) is 17.2. The molecule has 0 bridgehead atoms. The van der Waals surface area contributed by atoms with E-state index in [4.69, 9.17) is 21.1 Å². The summed E-state index contributed by atoms with van der Waals surface area (Å²) in [6.07, 6.45) is 3.31. The predicted molar refractivity (Wildman–Crippen MR) is 142 cm³/mol. The molecule has 3 aliphatic heterocycles. The molecular weight excluding hydrogens is 476 g/mol. The van der Waals surface area contributed by atoms with E-state index in [0.717, 1.165) is 53.2 Å². The van der Waals surface area contributed by atoms with E-state index < -0.39 is 5.60 Å². The van der Waals surface area contributed by atoms with Gasteiger partial charge in [-0.05, 0) is 69.5 Å². The number of hydrogen-bond donors (Lipinski definition) is 2. The monoisotopic (exact) mass is 508 g/mol. The lowest BCUT2D eigenvalue weighted by Gasteiger charge is -2.30. The van der Waals surface area contributed by atoms with Crippen LogP contribution >= 0.6 is 11.6 Å². The van der Waals surface area contributed by atoms with E-state index >= 15 is 0 Å². The maximum absolute atomic E-state index is 12.5. The second-order valence-electron chi connectivity index (χ2n) is 10.4. The van der Waals surface area contributed by atoms with Crippen molar-refractivity contribution in [3.8, 4) is 5.75 Å². The topological polar surface area (TPSA) is 66.1 Å². The molecule has 2 aromatic rings. The van der Waals surface area contributed by atoms with Gasteiger partial charge in [0.1, 0.15) is 17.5 Å². The van der Waals surface area contributed by atoms with Gasteiger partial charge in [0.05, 0.1) is 11.4 Å². The fourth-order valence-corrected chi connectivity index (χ4v) is 5.06. The minimum atomic E-state index is -0.499. The van der Waals surface area contributed by atoms with Crippen molar-refractivity contribution in [1.82, 2.24) is 20.9 Å². The molecule has 0 fully saturated rings. The molecule has 1 atom stereocenters. The van der Waals surface area contributed by atoms with E-state index in [1.165, 1.54) is 5.57 Å². The molecule has 0 saturated carbocycles. The van der Waals surface area contributed by atoms with E-state index in [-0.39, 0.29) is 12.2 Å². The third kappa shape index (κ3) is 5.18. The van der Waals surface area contributed by atoms with Crippen LogP contribution < -0.4 is 15.7 Å². The largest absolute Gasteiger partial charge is 0.486 e. The summed E-state index contributed by atoms with van der Waals surface area (Å²) in [5.41, 5.74) is 12.9. The summed E-state index contributed by atoms with van der Waals surface area (Å²) in [7, 11) is 0. The number of allylic oxidation sites excluding steroid dienone is 1. The van der Waals surface area contributed by atoms with E-state index in [0.29, 0.717) is 18.1 Å². The van der Waals surface area contributed by atoms with Gasteiger partial charge in [-0.1, -0.05) is 35.9 Å². The van der Waals surface area contributed by atoms with Crippen molar-refractivity contribution in [2.24, 2.45) is 0 Å². The molecule has 2 aromatic carbocycles. The summed E-state index contributed by atoms with van der Waals surface area (Å²) in [5.74, 6) is 0.757. The molecule has 1 amide bonds. The second-order valence-corrected chi connectivity index (χ2v) is 10.9. The molecule has 2 N–H and O–H groups in total. The molecular formula is C28H33ClN4O3. The normalized spacial score (nSPS) is 19.7. The van der Waals surface area contributed by atoms with Crippen LogP contribution in [0.5, 0.6) is 5.75 Å². The molecule has 0 saturated heterocycles. The van der Waals surface area contributed by atoms with Crippen LogP contribution in [-0.4, -0.2) is 41.2 Å². The molecule has 0 spiro atoms. The fraction of sp³-hybridized carbons (Fsp3) is 0.393. The number of benzene rings is 2. The van der Waals surface area contributed by atoms with Crippen LogP contribution in [0.4, 0.5) is 4.79 Å². The Labute approximate surface area is 217 Å². The minimum Gasteiger partial charge on any atom is -0.486 e. The van der Waals surface area contributed by atoms with Gasteiger partial charge < -0.3 is 19.8 Å². The number of fused-ring (bicyclic) bond motifs is 3. The van der Waals surface area contributed by atoms with Gasteiger partial charge in [0.2, 0.25) is 0 Å². The summed E-state index contributed by atoms with van der Waals surface area (Å²) in [6, 6.07) is 14.2. The van der Waals surface area contributed by atoms with Gasteiger partial charge >= 0.3 is 6.09 Å². The third-order valence-electron chi connectivity index (χ3n) is 6.58. The van der Waals surface area contributed by atoms with Crippen LogP contribution in [-0.2, 0) is 4.74 Å². The first-order valence-corrected chi connectivity index (χ1v) is 12.8. The SMILES string of the molecule is CC1=C2c3ccc(C4=CCN(C(=O)OC(C)(C)C)CC4)cc3C(Oc3cccc(Cl)c3)CCN2NN1. The number of hydrogen-bond acceptors (Lipinski definition) is 6. The maximum Gasteiger partial charge on any atom is 0.410 e. The Hall–Kier alpha value is -3.16. The van der Waals surface area contributed by atoms with Gasteiger partial charge in [0, 0.05) is 42.2 Å². The Morgan fingerprint density at radius 1 is 1.14 bits per heavy atom. The number of nitrogens with one attached hydrogen (secondary N) is 2. The smallest absolute Gasteiger partial charge is 0.410 e. The minimum absolute atomic E-state index is 0.131. The van der Waals surface area contributed by atoms with E-state index in [9.17, 15) is 4.79 Å². The van der Waals surface area contributed by atoms with Crippen molar-refractivity contribution in [2.45, 2.75) is 52.2 Å². The van der Waals surface area contributed by atoms with Gasteiger partial charge in [-0.15, -0.1) is 5.53 Å². The van der Waals surface area contributed by atoms with Crippen LogP contribution in [0.2, 0.25) is 5.02 Å². The quantitative estimate of drug-likeness (QED) is 0.538. The molecule has 190 valence electrons. The van der Waals surface area contributed by atoms with Gasteiger partial charge in [0.15, 0.2) is 0 Å². The van der Waals surface area contributed by atoms with Crippen LogP contribution in [0.1, 0.15) is 63.3 Å². The average molecular weight is 509 g/mol. The zero-order chi connectivity index (χ0) is 25.4. The molecule has 1 unspecified atom stereocenters. The van der Waals surface area contributed by atoms with Crippen molar-refractivity contribution in [2.75, 3.05) is 19.6 Å². The summed E-state index contributed by atoms with van der Waals surface area (Å²) in [5, 5.41) is 2.80. The lowest BCUT2D eigenvalue weighted by Crippen LogP contribution is -2.39. The average Bonchev–Trinajstić information content (AvgIpc) is 3.12. The van der Waals surface area contributed by atoms with Crippen LogP contribution in [0, 0.1) is 0 Å². The lowest BCUT2D eigenvalue weighted by molar-refractivity contribution is 0.0270. The van der Waals surface area contributed by atoms with Crippen molar-refractivity contribution >= 4 is 29.0 Å². The van der Waals surface area contributed by atoms with Crippen LogP contribution in [0.25, 0.3) is 11.3 Å². The molecule has 0 radical (unpaired) electrons. The number of ether oxygens (including phenoxy) is 2. The van der Waals surface area contributed by atoms with Crippen molar-refractivity contribution in [3.63, 3.8) is 0 Å². The Balaban J connectivity index is 1.45. The number of carbonyl (C=O) groups is 1. The van der Waals surface area contributed by atoms with Crippen LogP contribution in [0.3, 0.4) is 0 Å². The molecule has 5 rings (SSSR count). The highest BCUT2D eigenvalue weighted by molar-refractivity contribution is 6.30. The van der Waals surface area contributed by atoms with E-state index in [2.05, 4.69) is 47.2 Å². The van der Waals surface area contributed by atoms with Crippen molar-refractivity contribution in [3.05, 3.63) is 76.0 Å². The molecule has 3 aliphatic rings. The predicted octanol–water partition coefficient (Wildman–Crippen LogP) is 5.90. The molecule has 8 heteroatoms. The molecule has 0 aromatic heterocycles. The molecule has 3 heterocycles. The lowest BCUT2D eigenvalue weighted by atomic mass is 9.91. The first-order valence-electron chi connectivity index (χ1n) is 12.4. The fourth-order valence-electron chi connectivity index (χ4n) is 4.88. The van der Waals surface area contributed by atoms with Gasteiger partial charge in [0.25, 0.3) is 0 Å². The highest BCUT2D eigenvalue weighted by Gasteiger charge is 2.32. The summed E-state index contributed by atoms with van der Waals surface area (Å²) < 4.78 is 12.1. The standard InChI is InChI=1S/C28H33ClN4O3/c1-18-26-23-9-8-20(19-10-13-32(14-11-19)27(34)36-28(2,3)4)16-24(23)25(12-15-33(26)31-30-18)35-22-7-5-6-21(29)17-22/h5-10,16-17,25,30-31H,11-15H2,1-4H3. The van der Waals surface area contributed by atoms with Gasteiger partial charge in [-0.2, -0.15) is 0 Å². The number of carbonyl (C=O) groups excluding carboxylic acids is 1. The van der Waals surface area contributed by atoms with Gasteiger partial charge in [-0.25, -0.2) is 4.79 Å². The molecule has 0 aliphatic carbocycles. The summed E-state index contributed by atoms with van der Waals surface area (Å²) >= 11 is 6.23. The number of halogens is 1. The summed E-state index contributed by atoms with van der Waals surface area (Å²) in [6.45, 7) is 9.71. The summed E-state index contributed by atoms with van der Waals surface area (Å²) in [4.78, 5) is 14.2. The third-order valence-corrected chi connectivity index (χ3v) is 6.81. The number of hydrazine groups is 2. The van der Waals surface area contributed by atoms with E-state index in [1.807, 2.05) is 45.0 Å². The first kappa shape index (κ1) is 24.5. The second kappa shape index (κ2) is 9.71. The highest BCUT2D eigenvalue weighted by atomic mass is 35.5. The van der Waals surface area contributed by atoms with Gasteiger partial charge in [-0.3, -0.25) is 5.01 Å². The Morgan fingerprint density at radius 2 is 1.97 bits per heavy atom. The van der Waals surface area contributed by atoms with Crippen molar-refractivity contribution < 1.29 is 14.3 Å². The van der Waals surface area contributed by atoms with E-state index in [1.54, 1.807) is 4.90 Å². The number of rotatable bonds is 3. The Kier molecular flexibility index (Phi) is 6.62. The van der Waals surface area contributed by atoms with Crippen molar-refractivity contribution in [1.29, 1.82) is 0 Å². The zero-order valence-electron chi connectivity index (χ0n) is 21.2. The highest BCUT2D eigenvalue weighted by Crippen LogP contribution is 2.39. The Morgan fingerprint density at radius 3 is 2.69 bits per heavy atom. The molecule has 7 nitrogen and oxygen atoms in total. The number of amides is 1. The maximum atomic E-state index is 12.5.